The molecule has 0 saturated carbocycles. The van der Waals surface area contributed by atoms with E-state index in [1.807, 2.05) is 26.0 Å². The number of benzene rings is 3. The van der Waals surface area contributed by atoms with Gasteiger partial charge in [0.15, 0.2) is 5.78 Å². The van der Waals surface area contributed by atoms with E-state index >= 15 is 0 Å². The topological polar surface area (TPSA) is 105 Å². The first-order chi connectivity index (χ1) is 18.5. The molecule has 0 aliphatic heterocycles. The van der Waals surface area contributed by atoms with Crippen LogP contribution in [0.25, 0.3) is 0 Å². The van der Waals surface area contributed by atoms with Gasteiger partial charge in [-0.2, -0.15) is 0 Å². The molecule has 3 aromatic rings. The fourth-order valence-electron chi connectivity index (χ4n) is 3.54. The highest BCUT2D eigenvalue weighted by Crippen LogP contribution is 2.14. The highest BCUT2D eigenvalue weighted by Gasteiger charge is 2.22. The van der Waals surface area contributed by atoms with Gasteiger partial charge in [0.25, 0.3) is 0 Å². The predicted molar refractivity (Wildman–Crippen MR) is 144 cm³/mol. The van der Waals surface area contributed by atoms with Crippen LogP contribution < -0.4 is 0 Å². The number of hydrogen-bond donors (Lipinski definition) is 0. The zero-order chi connectivity index (χ0) is 28.5. The maximum Gasteiger partial charge on any atom is 0.340 e. The number of Topliss-reactive ketones (excluding diaryl/α,β-unsaturated/α-hetero) is 1. The molecule has 0 spiro atoms. The van der Waals surface area contributed by atoms with Gasteiger partial charge in [-0.25, -0.2) is 14.4 Å². The van der Waals surface area contributed by atoms with Crippen LogP contribution in [0.5, 0.6) is 0 Å². The normalized spacial score (nSPS) is 13.1. The summed E-state index contributed by atoms with van der Waals surface area (Å²) in [6, 6.07) is 19.8. The molecule has 0 bridgehead atoms. The van der Waals surface area contributed by atoms with E-state index in [9.17, 15) is 19.2 Å². The lowest BCUT2D eigenvalue weighted by atomic mass is 10.1. The van der Waals surface area contributed by atoms with E-state index in [-0.39, 0.29) is 18.0 Å². The van der Waals surface area contributed by atoms with E-state index in [2.05, 4.69) is 0 Å². The molecule has 0 saturated heterocycles. The number of ketones is 1. The standard InChI is InChI=1S/C31H32O8/c1-19-6-10-26(11-7-19)30(34)37-21(3)18-36-29(33)25-16-14-24(15-17-25)28(32)22(4)38-23(5)39-31(35)27-12-8-20(2)9-13-27/h6-17,21-23H,18H2,1-5H3. The zero-order valence-electron chi connectivity index (χ0n) is 22.6. The van der Waals surface area contributed by atoms with Crippen molar-refractivity contribution in [2.24, 2.45) is 0 Å². The van der Waals surface area contributed by atoms with E-state index < -0.39 is 36.4 Å². The van der Waals surface area contributed by atoms with Crippen molar-refractivity contribution < 1.29 is 38.1 Å². The highest BCUT2D eigenvalue weighted by atomic mass is 16.7. The van der Waals surface area contributed by atoms with Crippen LogP contribution in [0.2, 0.25) is 0 Å². The number of ether oxygens (including phenoxy) is 4. The molecule has 3 rings (SSSR count). The molecule has 0 aliphatic carbocycles. The first kappa shape index (κ1) is 29.3. The van der Waals surface area contributed by atoms with Crippen molar-refractivity contribution in [1.82, 2.24) is 0 Å². The quantitative estimate of drug-likeness (QED) is 0.138. The van der Waals surface area contributed by atoms with Crippen LogP contribution in [-0.2, 0) is 18.9 Å². The molecule has 3 unspecified atom stereocenters. The highest BCUT2D eigenvalue weighted by molar-refractivity contribution is 6.00. The molecule has 0 aromatic heterocycles. The molecule has 8 nitrogen and oxygen atoms in total. The van der Waals surface area contributed by atoms with Gasteiger partial charge in [-0.3, -0.25) is 4.79 Å². The third-order valence-corrected chi connectivity index (χ3v) is 5.78. The van der Waals surface area contributed by atoms with Crippen LogP contribution in [0.3, 0.4) is 0 Å². The summed E-state index contributed by atoms with van der Waals surface area (Å²) in [6.45, 7) is 8.43. The van der Waals surface area contributed by atoms with Crippen molar-refractivity contribution in [3.05, 3.63) is 106 Å². The largest absolute Gasteiger partial charge is 0.458 e. The third-order valence-electron chi connectivity index (χ3n) is 5.78. The molecule has 204 valence electrons. The van der Waals surface area contributed by atoms with Crippen LogP contribution >= 0.6 is 0 Å². The Morgan fingerprint density at radius 1 is 0.590 bits per heavy atom. The van der Waals surface area contributed by atoms with Gasteiger partial charge in [-0.15, -0.1) is 0 Å². The number of carbonyl (C=O) groups excluding carboxylic acids is 4. The van der Waals surface area contributed by atoms with Crippen LogP contribution in [-0.4, -0.2) is 48.8 Å². The summed E-state index contributed by atoms with van der Waals surface area (Å²) in [5.74, 6) is -2.01. The lowest BCUT2D eigenvalue weighted by molar-refractivity contribution is -0.114. The Morgan fingerprint density at radius 2 is 1.00 bits per heavy atom. The first-order valence-corrected chi connectivity index (χ1v) is 12.6. The summed E-state index contributed by atoms with van der Waals surface area (Å²) < 4.78 is 21.4. The molecule has 0 heterocycles. The predicted octanol–water partition coefficient (Wildman–Crippen LogP) is 5.50. The molecule has 39 heavy (non-hydrogen) atoms. The van der Waals surface area contributed by atoms with Crippen LogP contribution in [0.4, 0.5) is 0 Å². The Bertz CT molecular complexity index is 1290. The number of hydrogen-bond acceptors (Lipinski definition) is 8. The number of aryl methyl sites for hydroxylation is 2. The monoisotopic (exact) mass is 532 g/mol. The molecule has 8 heteroatoms. The second-order valence-electron chi connectivity index (χ2n) is 9.24. The van der Waals surface area contributed by atoms with Crippen molar-refractivity contribution >= 4 is 23.7 Å². The minimum absolute atomic E-state index is 0.124. The minimum Gasteiger partial charge on any atom is -0.458 e. The van der Waals surface area contributed by atoms with Crippen LogP contribution in [0, 0.1) is 13.8 Å². The summed E-state index contributed by atoms with van der Waals surface area (Å²) in [4.78, 5) is 49.7. The van der Waals surface area contributed by atoms with Gasteiger partial charge in [-0.1, -0.05) is 47.5 Å². The molecule has 3 aromatic carbocycles. The van der Waals surface area contributed by atoms with Crippen molar-refractivity contribution in [1.29, 1.82) is 0 Å². The average molecular weight is 533 g/mol. The number of rotatable bonds is 11. The van der Waals surface area contributed by atoms with Crippen LogP contribution in [0.1, 0.15) is 73.3 Å². The summed E-state index contributed by atoms with van der Waals surface area (Å²) in [5.41, 5.74) is 3.39. The Balaban J connectivity index is 1.46. The van der Waals surface area contributed by atoms with Gasteiger partial charge in [0.05, 0.1) is 16.7 Å². The van der Waals surface area contributed by atoms with Gasteiger partial charge in [0.2, 0.25) is 6.29 Å². The Kier molecular flexibility index (Phi) is 10.1. The second kappa shape index (κ2) is 13.5. The number of esters is 3. The Morgan fingerprint density at radius 3 is 1.51 bits per heavy atom. The van der Waals surface area contributed by atoms with Crippen LogP contribution in [0.15, 0.2) is 72.8 Å². The fourth-order valence-corrected chi connectivity index (χ4v) is 3.54. The van der Waals surface area contributed by atoms with Crippen molar-refractivity contribution in [2.45, 2.75) is 53.1 Å². The molecular weight excluding hydrogens is 500 g/mol. The molecule has 0 aliphatic rings. The van der Waals surface area contributed by atoms with E-state index in [1.54, 1.807) is 50.2 Å². The lowest BCUT2D eigenvalue weighted by Gasteiger charge is -2.19. The van der Waals surface area contributed by atoms with Crippen molar-refractivity contribution in [3.63, 3.8) is 0 Å². The lowest BCUT2D eigenvalue weighted by Crippen LogP contribution is -2.28. The van der Waals surface area contributed by atoms with E-state index in [1.165, 1.54) is 31.2 Å². The summed E-state index contributed by atoms with van der Waals surface area (Å²) in [6.07, 6.45) is -2.49. The Labute approximate surface area is 227 Å². The van der Waals surface area contributed by atoms with Gasteiger partial charge in [0.1, 0.15) is 18.8 Å². The smallest absolute Gasteiger partial charge is 0.340 e. The number of carbonyl (C=O) groups is 4. The molecule has 0 N–H and O–H groups in total. The fraction of sp³-hybridized carbons (Fsp3) is 0.290. The molecule has 3 atom stereocenters. The van der Waals surface area contributed by atoms with Crippen molar-refractivity contribution in [2.75, 3.05) is 6.61 Å². The third kappa shape index (κ3) is 8.61. The maximum absolute atomic E-state index is 12.8. The SMILES string of the molecule is Cc1ccc(C(=O)OC(C)COC(=O)c2ccc(C(=O)C(C)OC(C)OC(=O)c3ccc(C)cc3)cc2)cc1. The van der Waals surface area contributed by atoms with Gasteiger partial charge in [0, 0.05) is 5.56 Å². The van der Waals surface area contributed by atoms with Gasteiger partial charge >= 0.3 is 17.9 Å². The summed E-state index contributed by atoms with van der Waals surface area (Å²) in [7, 11) is 0. The minimum atomic E-state index is -0.950. The second-order valence-corrected chi connectivity index (χ2v) is 9.24. The molecular formula is C31H32O8. The first-order valence-electron chi connectivity index (χ1n) is 12.6. The van der Waals surface area contributed by atoms with Gasteiger partial charge < -0.3 is 18.9 Å². The van der Waals surface area contributed by atoms with E-state index in [4.69, 9.17) is 18.9 Å². The summed E-state index contributed by atoms with van der Waals surface area (Å²) >= 11 is 0. The van der Waals surface area contributed by atoms with E-state index in [0.717, 1.165) is 11.1 Å². The molecule has 0 fully saturated rings. The molecule has 0 radical (unpaired) electrons. The summed E-state index contributed by atoms with van der Waals surface area (Å²) in [5, 5.41) is 0. The molecule has 0 amide bonds. The maximum atomic E-state index is 12.8. The average Bonchev–Trinajstić information content (AvgIpc) is 2.91. The zero-order valence-corrected chi connectivity index (χ0v) is 22.6. The van der Waals surface area contributed by atoms with Gasteiger partial charge in [-0.05, 0) is 71.0 Å². The Hall–Kier alpha value is -4.30. The van der Waals surface area contributed by atoms with Crippen molar-refractivity contribution in [3.8, 4) is 0 Å². The van der Waals surface area contributed by atoms with E-state index in [0.29, 0.717) is 16.7 Å².